The Labute approximate surface area is 297 Å². The van der Waals surface area contributed by atoms with Crippen LogP contribution in [0.25, 0.3) is 0 Å². The quantitative estimate of drug-likeness (QED) is 0.173. The second-order valence-electron chi connectivity index (χ2n) is 17.9. The summed E-state index contributed by atoms with van der Waals surface area (Å²) in [6.45, 7) is 24.9. The van der Waals surface area contributed by atoms with E-state index in [2.05, 4.69) is 74.7 Å². The number of benzene rings is 1. The molecule has 3 aliphatic heterocycles. The first-order valence-electron chi connectivity index (χ1n) is 18.2. The summed E-state index contributed by atoms with van der Waals surface area (Å²) in [6, 6.07) is 8.81. The fraction of sp³-hybridized carbons (Fsp3) is 0.811. The van der Waals surface area contributed by atoms with E-state index >= 15 is 0 Å². The molecule has 0 aliphatic carbocycles. The van der Waals surface area contributed by atoms with Crippen LogP contribution in [0.5, 0.6) is 0 Å². The van der Waals surface area contributed by atoms with Crippen molar-refractivity contribution in [3.05, 3.63) is 35.9 Å². The molecule has 3 fully saturated rings. The summed E-state index contributed by atoms with van der Waals surface area (Å²) < 4.78 is 38.6. The average molecular weight is 724 g/mol. The van der Waals surface area contributed by atoms with Crippen LogP contribution in [0.1, 0.15) is 86.1 Å². The van der Waals surface area contributed by atoms with Gasteiger partial charge in [0.1, 0.15) is 6.61 Å². The molecule has 0 saturated carbocycles. The Morgan fingerprint density at radius 3 is 2.27 bits per heavy atom. The third-order valence-electron chi connectivity index (χ3n) is 11.7. The van der Waals surface area contributed by atoms with Gasteiger partial charge in [0.2, 0.25) is 0 Å². The van der Waals surface area contributed by atoms with Gasteiger partial charge in [-0.3, -0.25) is 4.79 Å². The van der Waals surface area contributed by atoms with Gasteiger partial charge in [-0.05, 0) is 47.7 Å². The van der Waals surface area contributed by atoms with Gasteiger partial charge in [0.15, 0.2) is 22.4 Å². The van der Waals surface area contributed by atoms with Gasteiger partial charge in [0, 0.05) is 31.7 Å². The fourth-order valence-electron chi connectivity index (χ4n) is 6.67. The first kappa shape index (κ1) is 40.6. The Bertz CT molecular complexity index is 1240. The topological polar surface area (TPSA) is 139 Å². The number of nitrogens with two attached hydrogens (primary N) is 1. The third-order valence-corrected chi connectivity index (χ3v) is 20.7. The van der Waals surface area contributed by atoms with Gasteiger partial charge in [-0.1, -0.05) is 78.8 Å². The number of carbonyl (C=O) groups is 1. The monoisotopic (exact) mass is 723 g/mol. The Morgan fingerprint density at radius 1 is 1.02 bits per heavy atom. The molecule has 0 amide bonds. The largest absolute Gasteiger partial charge is 0.461 e. The van der Waals surface area contributed by atoms with Crippen LogP contribution in [0.15, 0.2) is 30.3 Å². The van der Waals surface area contributed by atoms with Crippen LogP contribution in [0.3, 0.4) is 0 Å². The highest BCUT2D eigenvalue weighted by atomic mass is 28.4. The number of fused-ring (bicyclic) bond motifs is 1. The molecular weight excluding hydrogens is 659 g/mol. The van der Waals surface area contributed by atoms with Gasteiger partial charge in [0.05, 0.1) is 55.8 Å². The zero-order valence-electron chi connectivity index (χ0n) is 31.9. The maximum Gasteiger partial charge on any atom is 0.308 e. The van der Waals surface area contributed by atoms with E-state index in [1.165, 1.54) is 0 Å². The molecule has 1 spiro atoms. The van der Waals surface area contributed by atoms with E-state index in [1.807, 2.05) is 30.3 Å². The maximum atomic E-state index is 12.8. The van der Waals surface area contributed by atoms with Crippen molar-refractivity contribution >= 4 is 22.6 Å². The SMILES string of the molecule is C[C@H]1C[C@@]2(C[C@H](N)[C@H](O)C(CC(=O)OCc3ccccc3)O2)OC2CC([C@@H](O)C[C@H](CO[Si](C)(C)C(C)(C)C)O[Si](C)(C)C(C)(C)C)OC21. The zero-order chi connectivity index (χ0) is 36.6. The van der Waals surface area contributed by atoms with E-state index < -0.39 is 58.8 Å². The van der Waals surface area contributed by atoms with E-state index in [0.717, 1.165) is 5.56 Å². The summed E-state index contributed by atoms with van der Waals surface area (Å²) in [6.07, 6.45) is -2.44. The molecule has 1 aromatic carbocycles. The summed E-state index contributed by atoms with van der Waals surface area (Å²) in [7, 11) is -4.21. The molecule has 10 atom stereocenters. The number of hydrogen-bond acceptors (Lipinski definition) is 10. The minimum absolute atomic E-state index is 0.00842. The molecule has 49 heavy (non-hydrogen) atoms. The maximum absolute atomic E-state index is 12.8. The molecule has 0 radical (unpaired) electrons. The lowest BCUT2D eigenvalue weighted by Crippen LogP contribution is -2.63. The van der Waals surface area contributed by atoms with Gasteiger partial charge in [-0.15, -0.1) is 0 Å². The normalized spacial score (nSPS) is 32.5. The average Bonchev–Trinajstić information content (AvgIpc) is 3.41. The van der Waals surface area contributed by atoms with Crippen LogP contribution >= 0.6 is 0 Å². The Kier molecular flexibility index (Phi) is 12.8. The van der Waals surface area contributed by atoms with Crippen molar-refractivity contribution in [1.29, 1.82) is 0 Å². The van der Waals surface area contributed by atoms with E-state index in [1.54, 1.807) is 0 Å². The zero-order valence-corrected chi connectivity index (χ0v) is 33.9. The number of carbonyl (C=O) groups excluding carboxylic acids is 1. The van der Waals surface area contributed by atoms with Gasteiger partial charge >= 0.3 is 5.97 Å². The summed E-state index contributed by atoms with van der Waals surface area (Å²) in [5.41, 5.74) is 7.32. The standard InChI is InChI=1S/C37H65NO9Si2/c1-24-20-37(21-27(38)33(41)30(45-37)19-32(40)42-22-25-15-13-12-14-16-25)46-31-18-29(44-34(24)31)28(39)17-26(47-49(10,11)36(5,6)7)23-43-48(8,9)35(2,3)4/h12-16,24,26-31,33-34,39,41H,17-23,38H2,1-11H3/t24-,26+,27-,28-,29?,30?,31?,33-,34?,37-/m0/s1. The van der Waals surface area contributed by atoms with Gasteiger partial charge < -0.3 is 43.7 Å². The predicted molar refractivity (Wildman–Crippen MR) is 195 cm³/mol. The molecule has 3 aliphatic rings. The molecule has 280 valence electrons. The van der Waals surface area contributed by atoms with Crippen molar-refractivity contribution < 1.29 is 42.8 Å². The number of aliphatic hydroxyl groups is 2. The van der Waals surface area contributed by atoms with Crippen LogP contribution < -0.4 is 5.73 Å². The minimum atomic E-state index is -2.16. The van der Waals surface area contributed by atoms with E-state index in [4.69, 9.17) is 33.5 Å². The third kappa shape index (κ3) is 10.0. The van der Waals surface area contributed by atoms with Crippen LogP contribution in [0.4, 0.5) is 0 Å². The lowest BCUT2D eigenvalue weighted by Gasteiger charge is -2.51. The van der Waals surface area contributed by atoms with E-state index in [9.17, 15) is 15.0 Å². The Balaban J connectivity index is 1.41. The lowest BCUT2D eigenvalue weighted by atomic mass is 9.82. The van der Waals surface area contributed by atoms with Crippen molar-refractivity contribution in [3.63, 3.8) is 0 Å². The van der Waals surface area contributed by atoms with Crippen molar-refractivity contribution in [2.24, 2.45) is 11.7 Å². The van der Waals surface area contributed by atoms with Gasteiger partial charge in [-0.2, -0.15) is 0 Å². The first-order valence-corrected chi connectivity index (χ1v) is 24.0. The Morgan fingerprint density at radius 2 is 1.65 bits per heavy atom. The molecule has 3 heterocycles. The number of esters is 1. The van der Waals surface area contributed by atoms with Crippen molar-refractivity contribution in [2.75, 3.05) is 6.61 Å². The smallest absolute Gasteiger partial charge is 0.308 e. The molecule has 4 N–H and O–H groups in total. The molecule has 1 aromatic rings. The summed E-state index contributed by atoms with van der Waals surface area (Å²) in [5.74, 6) is -1.51. The molecule has 0 bridgehead atoms. The number of aliphatic hydroxyl groups excluding tert-OH is 2. The number of hydrogen-bond donors (Lipinski definition) is 3. The van der Waals surface area contributed by atoms with Gasteiger partial charge in [-0.25, -0.2) is 0 Å². The van der Waals surface area contributed by atoms with E-state index in [0.29, 0.717) is 25.9 Å². The molecule has 3 saturated heterocycles. The highest BCUT2D eigenvalue weighted by Gasteiger charge is 2.56. The van der Waals surface area contributed by atoms with Crippen LogP contribution in [-0.4, -0.2) is 94.0 Å². The Hall–Kier alpha value is -1.20. The van der Waals surface area contributed by atoms with Crippen LogP contribution in [-0.2, 0) is 39.2 Å². The molecular formula is C37H65NO9Si2. The predicted octanol–water partition coefficient (Wildman–Crippen LogP) is 6.04. The number of rotatable bonds is 12. The highest BCUT2D eigenvalue weighted by Crippen LogP contribution is 2.47. The van der Waals surface area contributed by atoms with Crippen LogP contribution in [0, 0.1) is 5.92 Å². The minimum Gasteiger partial charge on any atom is -0.461 e. The number of ether oxygens (including phenoxy) is 4. The second kappa shape index (κ2) is 15.4. The molecule has 4 rings (SSSR count). The van der Waals surface area contributed by atoms with E-state index in [-0.39, 0.29) is 53.8 Å². The molecule has 10 nitrogen and oxygen atoms in total. The summed E-state index contributed by atoms with van der Waals surface area (Å²) in [5, 5.41) is 22.7. The van der Waals surface area contributed by atoms with Crippen LogP contribution in [0.2, 0.25) is 36.3 Å². The fourth-order valence-corrected chi connectivity index (χ4v) is 9.05. The molecule has 0 aromatic heterocycles. The van der Waals surface area contributed by atoms with Gasteiger partial charge in [0.25, 0.3) is 0 Å². The highest BCUT2D eigenvalue weighted by molar-refractivity contribution is 6.74. The van der Waals surface area contributed by atoms with Crippen molar-refractivity contribution in [3.8, 4) is 0 Å². The second-order valence-corrected chi connectivity index (χ2v) is 27.4. The lowest BCUT2D eigenvalue weighted by molar-refractivity contribution is -0.346. The molecule has 12 heteroatoms. The molecule has 4 unspecified atom stereocenters. The first-order chi connectivity index (χ1) is 22.5. The summed E-state index contributed by atoms with van der Waals surface area (Å²) in [4.78, 5) is 12.8. The van der Waals surface area contributed by atoms with Crippen molar-refractivity contribution in [1.82, 2.24) is 0 Å². The summed E-state index contributed by atoms with van der Waals surface area (Å²) >= 11 is 0. The van der Waals surface area contributed by atoms with Crippen molar-refractivity contribution in [2.45, 2.75) is 178 Å².